The molecule has 0 spiro atoms. The van der Waals surface area contributed by atoms with Crippen molar-refractivity contribution in [3.8, 4) is 10.6 Å². The molecule has 6 heteroatoms. The van der Waals surface area contributed by atoms with E-state index in [-0.39, 0.29) is 12.5 Å². The second-order valence-electron chi connectivity index (χ2n) is 6.17. The number of ether oxygens (including phenoxy) is 1. The molecule has 1 aromatic heterocycles. The molecule has 1 aliphatic heterocycles. The van der Waals surface area contributed by atoms with Crippen LogP contribution >= 0.6 is 11.3 Å². The third kappa shape index (κ3) is 4.45. The summed E-state index contributed by atoms with van der Waals surface area (Å²) in [5.41, 5.74) is 1.60. The SMILES string of the molecule is Cc1nc(-c2ccccc2)sc1C(=O)OCC(=O)N1CCCCCC1. The Morgan fingerprint density at radius 1 is 1.12 bits per heavy atom. The first kappa shape index (κ1) is 17.6. The fourth-order valence-corrected chi connectivity index (χ4v) is 3.86. The van der Waals surface area contributed by atoms with Crippen molar-refractivity contribution in [3.63, 3.8) is 0 Å². The second kappa shape index (κ2) is 8.25. The molecule has 1 amide bonds. The standard InChI is InChI=1S/C19H22N2O3S/c1-14-17(25-18(20-14)15-9-5-4-6-10-15)19(23)24-13-16(22)21-11-7-2-3-8-12-21/h4-6,9-10H,2-3,7-8,11-13H2,1H3. The van der Waals surface area contributed by atoms with Gasteiger partial charge in [-0.2, -0.15) is 0 Å². The van der Waals surface area contributed by atoms with Crippen LogP contribution in [0.1, 0.15) is 41.0 Å². The normalized spacial score (nSPS) is 14.8. The Morgan fingerprint density at radius 2 is 1.80 bits per heavy atom. The summed E-state index contributed by atoms with van der Waals surface area (Å²) in [5.74, 6) is -0.582. The molecule has 0 unspecified atom stereocenters. The van der Waals surface area contributed by atoms with E-state index in [1.165, 1.54) is 11.3 Å². The molecule has 2 heterocycles. The lowest BCUT2D eigenvalue weighted by atomic mass is 10.2. The average molecular weight is 358 g/mol. The number of esters is 1. The zero-order valence-electron chi connectivity index (χ0n) is 14.4. The molecule has 25 heavy (non-hydrogen) atoms. The zero-order valence-corrected chi connectivity index (χ0v) is 15.2. The van der Waals surface area contributed by atoms with Crippen LogP contribution in [0.5, 0.6) is 0 Å². The van der Waals surface area contributed by atoms with Gasteiger partial charge in [-0.25, -0.2) is 9.78 Å². The van der Waals surface area contributed by atoms with E-state index in [4.69, 9.17) is 4.74 Å². The fourth-order valence-electron chi connectivity index (χ4n) is 2.89. The summed E-state index contributed by atoms with van der Waals surface area (Å²) in [6.45, 7) is 3.11. The van der Waals surface area contributed by atoms with Crippen LogP contribution in [-0.2, 0) is 9.53 Å². The number of benzene rings is 1. The van der Waals surface area contributed by atoms with E-state index in [1.54, 1.807) is 11.8 Å². The maximum absolute atomic E-state index is 12.3. The van der Waals surface area contributed by atoms with Gasteiger partial charge in [0.1, 0.15) is 9.88 Å². The van der Waals surface area contributed by atoms with Crippen LogP contribution in [0.2, 0.25) is 0 Å². The second-order valence-corrected chi connectivity index (χ2v) is 7.17. The highest BCUT2D eigenvalue weighted by atomic mass is 32.1. The van der Waals surface area contributed by atoms with Gasteiger partial charge in [0.15, 0.2) is 6.61 Å². The lowest BCUT2D eigenvalue weighted by Crippen LogP contribution is -2.35. The average Bonchev–Trinajstić information content (AvgIpc) is 2.85. The quantitative estimate of drug-likeness (QED) is 0.782. The van der Waals surface area contributed by atoms with E-state index in [9.17, 15) is 9.59 Å². The van der Waals surface area contributed by atoms with Gasteiger partial charge in [-0.1, -0.05) is 43.2 Å². The fraction of sp³-hybridized carbons (Fsp3) is 0.421. The molecule has 0 N–H and O–H groups in total. The Hall–Kier alpha value is -2.21. The molecule has 0 atom stereocenters. The van der Waals surface area contributed by atoms with E-state index in [2.05, 4.69) is 4.98 Å². The molecule has 132 valence electrons. The van der Waals surface area contributed by atoms with Gasteiger partial charge in [-0.15, -0.1) is 11.3 Å². The molecule has 0 aliphatic carbocycles. The van der Waals surface area contributed by atoms with E-state index < -0.39 is 5.97 Å². The van der Waals surface area contributed by atoms with Crippen molar-refractivity contribution in [2.45, 2.75) is 32.6 Å². The molecule has 0 saturated carbocycles. The molecule has 1 aromatic carbocycles. The van der Waals surface area contributed by atoms with Crippen molar-refractivity contribution >= 4 is 23.2 Å². The number of aromatic nitrogens is 1. The van der Waals surface area contributed by atoms with Crippen LogP contribution < -0.4 is 0 Å². The highest BCUT2D eigenvalue weighted by molar-refractivity contribution is 7.17. The van der Waals surface area contributed by atoms with Gasteiger partial charge in [-0.3, -0.25) is 4.79 Å². The van der Waals surface area contributed by atoms with Gasteiger partial charge in [-0.05, 0) is 19.8 Å². The van der Waals surface area contributed by atoms with Crippen LogP contribution in [0.15, 0.2) is 30.3 Å². The molecule has 2 aromatic rings. The maximum Gasteiger partial charge on any atom is 0.350 e. The molecule has 5 nitrogen and oxygen atoms in total. The summed E-state index contributed by atoms with van der Waals surface area (Å²) < 4.78 is 5.25. The molecular formula is C19H22N2O3S. The van der Waals surface area contributed by atoms with Crippen molar-refractivity contribution in [3.05, 3.63) is 40.9 Å². The first-order valence-electron chi connectivity index (χ1n) is 8.63. The van der Waals surface area contributed by atoms with E-state index in [1.807, 2.05) is 30.3 Å². The van der Waals surface area contributed by atoms with Gasteiger partial charge in [0.25, 0.3) is 5.91 Å². The van der Waals surface area contributed by atoms with Crippen LogP contribution in [-0.4, -0.2) is 41.5 Å². The first-order valence-corrected chi connectivity index (χ1v) is 9.44. The molecule has 0 bridgehead atoms. The summed E-state index contributed by atoms with van der Waals surface area (Å²) in [5, 5.41) is 0.781. The molecule has 0 radical (unpaired) electrons. The van der Waals surface area contributed by atoms with Crippen LogP contribution in [0.3, 0.4) is 0 Å². The Labute approximate surface area is 151 Å². The number of aryl methyl sites for hydroxylation is 1. The number of rotatable bonds is 4. The number of hydrogen-bond donors (Lipinski definition) is 0. The minimum Gasteiger partial charge on any atom is -0.451 e. The minimum atomic E-state index is -0.472. The van der Waals surface area contributed by atoms with Gasteiger partial charge < -0.3 is 9.64 Å². The Bertz CT molecular complexity index is 734. The zero-order chi connectivity index (χ0) is 17.6. The van der Waals surface area contributed by atoms with E-state index in [0.717, 1.165) is 49.3 Å². The monoisotopic (exact) mass is 358 g/mol. The van der Waals surface area contributed by atoms with Crippen molar-refractivity contribution in [1.29, 1.82) is 0 Å². The van der Waals surface area contributed by atoms with E-state index in [0.29, 0.717) is 10.6 Å². The number of likely N-dealkylation sites (tertiary alicyclic amines) is 1. The summed E-state index contributed by atoms with van der Waals surface area (Å²) in [6.07, 6.45) is 4.36. The lowest BCUT2D eigenvalue weighted by molar-refractivity contribution is -0.134. The van der Waals surface area contributed by atoms with Crippen molar-refractivity contribution in [1.82, 2.24) is 9.88 Å². The van der Waals surface area contributed by atoms with Gasteiger partial charge in [0.05, 0.1) is 5.69 Å². The van der Waals surface area contributed by atoms with Crippen LogP contribution in [0.25, 0.3) is 10.6 Å². The predicted octanol–water partition coefficient (Wildman–Crippen LogP) is 3.68. The number of carbonyl (C=O) groups is 2. The minimum absolute atomic E-state index is 0.110. The Kier molecular flexibility index (Phi) is 5.81. The number of carbonyl (C=O) groups excluding carboxylic acids is 2. The third-order valence-electron chi connectivity index (χ3n) is 4.29. The maximum atomic E-state index is 12.3. The summed E-state index contributed by atoms with van der Waals surface area (Å²) in [4.78, 5) is 31.3. The van der Waals surface area contributed by atoms with Gasteiger partial charge in [0, 0.05) is 18.7 Å². The largest absolute Gasteiger partial charge is 0.451 e. The molecule has 3 rings (SSSR count). The molecule has 1 saturated heterocycles. The Morgan fingerprint density at radius 3 is 2.48 bits per heavy atom. The van der Waals surface area contributed by atoms with Crippen molar-refractivity contribution in [2.75, 3.05) is 19.7 Å². The smallest absolute Gasteiger partial charge is 0.350 e. The summed E-state index contributed by atoms with van der Waals surface area (Å²) >= 11 is 1.30. The topological polar surface area (TPSA) is 59.5 Å². The molecule has 1 aliphatic rings. The predicted molar refractivity (Wildman–Crippen MR) is 97.6 cm³/mol. The number of amides is 1. The first-order chi connectivity index (χ1) is 12.1. The van der Waals surface area contributed by atoms with Crippen LogP contribution in [0.4, 0.5) is 0 Å². The highest BCUT2D eigenvalue weighted by Gasteiger charge is 2.21. The van der Waals surface area contributed by atoms with Crippen molar-refractivity contribution < 1.29 is 14.3 Å². The summed E-state index contributed by atoms with van der Waals surface area (Å²) in [7, 11) is 0. The number of hydrogen-bond acceptors (Lipinski definition) is 5. The lowest BCUT2D eigenvalue weighted by Gasteiger charge is -2.19. The van der Waals surface area contributed by atoms with Gasteiger partial charge in [0.2, 0.25) is 0 Å². The Balaban J connectivity index is 1.61. The van der Waals surface area contributed by atoms with Gasteiger partial charge >= 0.3 is 5.97 Å². The van der Waals surface area contributed by atoms with E-state index >= 15 is 0 Å². The highest BCUT2D eigenvalue weighted by Crippen LogP contribution is 2.28. The third-order valence-corrected chi connectivity index (χ3v) is 5.47. The summed E-state index contributed by atoms with van der Waals surface area (Å²) in [6, 6.07) is 9.72. The van der Waals surface area contributed by atoms with Crippen molar-refractivity contribution in [2.24, 2.45) is 0 Å². The van der Waals surface area contributed by atoms with Crippen LogP contribution in [0, 0.1) is 6.92 Å². The molecule has 1 fully saturated rings. The molecular weight excluding hydrogens is 336 g/mol. The number of thiazole rings is 1. The number of nitrogens with zero attached hydrogens (tertiary/aromatic N) is 2.